The topological polar surface area (TPSA) is 26.3 Å². The van der Waals surface area contributed by atoms with Gasteiger partial charge in [0.1, 0.15) is 6.10 Å². The maximum absolute atomic E-state index is 11.0. The molecule has 0 aliphatic heterocycles. The number of hydrogen-bond acceptors (Lipinski definition) is 2. The second kappa shape index (κ2) is 5.01. The first-order valence-electron chi connectivity index (χ1n) is 4.58. The molecule has 1 aromatic carbocycles. The Morgan fingerprint density at radius 2 is 2.00 bits per heavy atom. The monoisotopic (exact) mass is 212 g/mol. The molecule has 14 heavy (non-hydrogen) atoms. The third-order valence-electron chi connectivity index (χ3n) is 1.94. The average molecular weight is 213 g/mol. The van der Waals surface area contributed by atoms with Gasteiger partial charge in [-0.2, -0.15) is 0 Å². The first kappa shape index (κ1) is 11.1. The highest BCUT2D eigenvalue weighted by molar-refractivity contribution is 6.30. The van der Waals surface area contributed by atoms with E-state index in [9.17, 15) is 4.79 Å². The highest BCUT2D eigenvalue weighted by atomic mass is 35.5. The van der Waals surface area contributed by atoms with Gasteiger partial charge in [0, 0.05) is 11.4 Å². The van der Waals surface area contributed by atoms with E-state index in [1.807, 2.05) is 19.1 Å². The first-order valence-corrected chi connectivity index (χ1v) is 4.96. The maximum Gasteiger partial charge on any atom is 0.306 e. The second-order valence-electron chi connectivity index (χ2n) is 3.04. The van der Waals surface area contributed by atoms with Crippen molar-refractivity contribution in [1.29, 1.82) is 0 Å². The Kier molecular flexibility index (Phi) is 3.96. The molecule has 0 amide bonds. The number of halogens is 1. The molecule has 0 heterocycles. The van der Waals surface area contributed by atoms with E-state index >= 15 is 0 Å². The molecule has 0 bridgehead atoms. The lowest BCUT2D eigenvalue weighted by atomic mass is 10.1. The Morgan fingerprint density at radius 3 is 2.50 bits per heavy atom. The Morgan fingerprint density at radius 1 is 1.43 bits per heavy atom. The predicted molar refractivity (Wildman–Crippen MR) is 56.3 cm³/mol. The van der Waals surface area contributed by atoms with Gasteiger partial charge in [0.2, 0.25) is 0 Å². The van der Waals surface area contributed by atoms with Gasteiger partial charge in [0.25, 0.3) is 0 Å². The highest BCUT2D eigenvalue weighted by Crippen LogP contribution is 2.19. The van der Waals surface area contributed by atoms with E-state index < -0.39 is 0 Å². The maximum atomic E-state index is 11.0. The van der Waals surface area contributed by atoms with Gasteiger partial charge in [0.05, 0.1) is 0 Å². The zero-order chi connectivity index (χ0) is 10.6. The molecule has 0 radical (unpaired) electrons. The molecule has 1 aromatic rings. The molecule has 0 aromatic heterocycles. The van der Waals surface area contributed by atoms with Gasteiger partial charge in [-0.25, -0.2) is 0 Å². The fourth-order valence-electron chi connectivity index (χ4n) is 1.08. The van der Waals surface area contributed by atoms with Crippen molar-refractivity contribution >= 4 is 17.6 Å². The molecular formula is C11H13ClO2. The third-order valence-corrected chi connectivity index (χ3v) is 2.19. The van der Waals surface area contributed by atoms with Crippen molar-refractivity contribution in [2.75, 3.05) is 0 Å². The molecule has 0 aliphatic carbocycles. The van der Waals surface area contributed by atoms with E-state index in [2.05, 4.69) is 0 Å². The molecule has 2 nitrogen and oxygen atoms in total. The molecule has 0 N–H and O–H groups in total. The van der Waals surface area contributed by atoms with Crippen molar-refractivity contribution in [3.05, 3.63) is 34.9 Å². The van der Waals surface area contributed by atoms with Crippen molar-refractivity contribution < 1.29 is 9.53 Å². The summed E-state index contributed by atoms with van der Waals surface area (Å²) in [6.45, 7) is 3.62. The first-order chi connectivity index (χ1) is 6.63. The van der Waals surface area contributed by atoms with E-state index in [1.54, 1.807) is 19.1 Å². The lowest BCUT2D eigenvalue weighted by molar-refractivity contribution is -0.148. The Hall–Kier alpha value is -1.02. The van der Waals surface area contributed by atoms with E-state index in [1.165, 1.54) is 0 Å². The summed E-state index contributed by atoms with van der Waals surface area (Å²) in [7, 11) is 0. The summed E-state index contributed by atoms with van der Waals surface area (Å²) < 4.78 is 5.14. The van der Waals surface area contributed by atoms with Gasteiger partial charge in [-0.15, -0.1) is 0 Å². The molecule has 0 unspecified atom stereocenters. The summed E-state index contributed by atoms with van der Waals surface area (Å²) in [5, 5.41) is 0.683. The van der Waals surface area contributed by atoms with Crippen LogP contribution in [0.4, 0.5) is 0 Å². The molecule has 0 fully saturated rings. The van der Waals surface area contributed by atoms with E-state index in [-0.39, 0.29) is 12.1 Å². The van der Waals surface area contributed by atoms with Gasteiger partial charge in [0.15, 0.2) is 0 Å². The summed E-state index contributed by atoms with van der Waals surface area (Å²) in [5.41, 5.74) is 0.955. The smallest absolute Gasteiger partial charge is 0.306 e. The van der Waals surface area contributed by atoms with Crippen LogP contribution >= 0.6 is 11.6 Å². The van der Waals surface area contributed by atoms with E-state index in [4.69, 9.17) is 16.3 Å². The largest absolute Gasteiger partial charge is 0.458 e. The molecule has 3 heteroatoms. The third kappa shape index (κ3) is 3.04. The SMILES string of the molecule is CCC(=O)O[C@@H](C)c1ccc(Cl)cc1. The van der Waals surface area contributed by atoms with Crippen LogP contribution in [0.2, 0.25) is 5.02 Å². The van der Waals surface area contributed by atoms with Gasteiger partial charge in [-0.3, -0.25) is 4.79 Å². The van der Waals surface area contributed by atoms with Crippen LogP contribution in [-0.2, 0) is 9.53 Å². The van der Waals surface area contributed by atoms with Crippen molar-refractivity contribution in [2.45, 2.75) is 26.4 Å². The summed E-state index contributed by atoms with van der Waals surface area (Å²) in [4.78, 5) is 11.0. The molecule has 0 saturated carbocycles. The molecule has 0 aliphatic rings. The Balaban J connectivity index is 2.65. The van der Waals surface area contributed by atoms with E-state index in [0.717, 1.165) is 5.56 Å². The van der Waals surface area contributed by atoms with E-state index in [0.29, 0.717) is 11.4 Å². The van der Waals surface area contributed by atoms with Crippen LogP contribution in [0.15, 0.2) is 24.3 Å². The fraction of sp³-hybridized carbons (Fsp3) is 0.364. The van der Waals surface area contributed by atoms with Crippen molar-refractivity contribution in [3.8, 4) is 0 Å². The quantitative estimate of drug-likeness (QED) is 0.719. The van der Waals surface area contributed by atoms with Crippen LogP contribution in [0.25, 0.3) is 0 Å². The standard InChI is InChI=1S/C11H13ClO2/c1-3-11(13)14-8(2)9-4-6-10(12)7-5-9/h4-8H,3H2,1-2H3/t8-/m0/s1. The molecule has 0 saturated heterocycles. The number of ether oxygens (including phenoxy) is 1. The van der Waals surface area contributed by atoms with Crippen LogP contribution < -0.4 is 0 Å². The Labute approximate surface area is 88.8 Å². The summed E-state index contributed by atoms with van der Waals surface area (Å²) in [6, 6.07) is 7.28. The van der Waals surface area contributed by atoms with Crippen molar-refractivity contribution in [2.24, 2.45) is 0 Å². The number of carbonyl (C=O) groups is 1. The highest BCUT2D eigenvalue weighted by Gasteiger charge is 2.09. The fourth-order valence-corrected chi connectivity index (χ4v) is 1.21. The summed E-state index contributed by atoms with van der Waals surface area (Å²) in [5.74, 6) is -0.188. The van der Waals surface area contributed by atoms with Crippen LogP contribution in [0, 0.1) is 0 Å². The second-order valence-corrected chi connectivity index (χ2v) is 3.47. The lowest BCUT2D eigenvalue weighted by Crippen LogP contribution is -2.07. The van der Waals surface area contributed by atoms with Crippen LogP contribution in [0.3, 0.4) is 0 Å². The molecular weight excluding hydrogens is 200 g/mol. The van der Waals surface area contributed by atoms with Crippen LogP contribution in [-0.4, -0.2) is 5.97 Å². The van der Waals surface area contributed by atoms with Gasteiger partial charge < -0.3 is 4.74 Å². The Bertz CT molecular complexity index is 306. The minimum atomic E-state index is -0.209. The van der Waals surface area contributed by atoms with Crippen molar-refractivity contribution in [1.82, 2.24) is 0 Å². The van der Waals surface area contributed by atoms with Crippen LogP contribution in [0.5, 0.6) is 0 Å². The predicted octanol–water partition coefficient (Wildman–Crippen LogP) is 3.35. The zero-order valence-corrected chi connectivity index (χ0v) is 9.04. The number of hydrogen-bond donors (Lipinski definition) is 0. The minimum absolute atomic E-state index is 0.188. The molecule has 1 rings (SSSR count). The number of benzene rings is 1. The molecule has 0 spiro atoms. The van der Waals surface area contributed by atoms with Gasteiger partial charge in [-0.05, 0) is 24.6 Å². The number of esters is 1. The summed E-state index contributed by atoms with van der Waals surface area (Å²) in [6.07, 6.45) is 0.192. The number of rotatable bonds is 3. The van der Waals surface area contributed by atoms with Gasteiger partial charge >= 0.3 is 5.97 Å². The lowest BCUT2D eigenvalue weighted by Gasteiger charge is -2.12. The zero-order valence-electron chi connectivity index (χ0n) is 8.29. The minimum Gasteiger partial charge on any atom is -0.458 e. The number of carbonyl (C=O) groups excluding carboxylic acids is 1. The molecule has 1 atom stereocenters. The normalized spacial score (nSPS) is 12.2. The van der Waals surface area contributed by atoms with Crippen molar-refractivity contribution in [3.63, 3.8) is 0 Å². The average Bonchev–Trinajstić information content (AvgIpc) is 2.18. The summed E-state index contributed by atoms with van der Waals surface area (Å²) >= 11 is 5.74. The molecule has 76 valence electrons. The van der Waals surface area contributed by atoms with Gasteiger partial charge in [-0.1, -0.05) is 30.7 Å². The van der Waals surface area contributed by atoms with Crippen LogP contribution in [0.1, 0.15) is 31.9 Å².